The lowest BCUT2D eigenvalue weighted by Crippen LogP contribution is -2.16. The molecule has 2 N–H and O–H groups in total. The number of carbonyl (C=O) groups is 1. The minimum atomic E-state index is -0.367. The monoisotopic (exact) mass is 275 g/mol. The summed E-state index contributed by atoms with van der Waals surface area (Å²) in [4.78, 5) is 11.5. The molecule has 0 aliphatic heterocycles. The van der Waals surface area contributed by atoms with E-state index >= 15 is 0 Å². The van der Waals surface area contributed by atoms with Gasteiger partial charge in [-0.2, -0.15) is 5.10 Å². The third kappa shape index (κ3) is 2.90. The van der Waals surface area contributed by atoms with Crippen LogP contribution in [0.25, 0.3) is 11.3 Å². The smallest absolute Gasteiger partial charge is 0.327 e. The first-order chi connectivity index (χ1) is 9.65. The Morgan fingerprint density at radius 1 is 1.40 bits per heavy atom. The molecule has 1 aromatic heterocycles. The average molecular weight is 275 g/mol. The summed E-state index contributed by atoms with van der Waals surface area (Å²) in [6.07, 6.45) is 0. The van der Waals surface area contributed by atoms with Crippen LogP contribution in [0.15, 0.2) is 30.3 Å². The summed E-state index contributed by atoms with van der Waals surface area (Å²) in [5.74, 6) is 0.737. The number of aromatic nitrogens is 2. The number of nitrogen functional groups attached to an aromatic ring is 1. The average Bonchev–Trinajstić information content (AvgIpc) is 2.80. The van der Waals surface area contributed by atoms with Gasteiger partial charge in [0.25, 0.3) is 0 Å². The van der Waals surface area contributed by atoms with Crippen molar-refractivity contribution in [2.75, 3.05) is 19.5 Å². The molecule has 2 rings (SSSR count). The number of methoxy groups -OCH3 is 1. The first-order valence-electron chi connectivity index (χ1n) is 6.28. The summed E-state index contributed by atoms with van der Waals surface area (Å²) in [7, 11) is 1.60. The van der Waals surface area contributed by atoms with Crippen molar-refractivity contribution in [2.24, 2.45) is 0 Å². The second-order valence-electron chi connectivity index (χ2n) is 4.12. The number of hydrogen-bond donors (Lipinski definition) is 1. The molecule has 0 saturated heterocycles. The molecule has 0 fully saturated rings. The van der Waals surface area contributed by atoms with Crippen LogP contribution < -0.4 is 10.5 Å². The van der Waals surface area contributed by atoms with E-state index in [1.165, 1.54) is 4.68 Å². The van der Waals surface area contributed by atoms with E-state index in [-0.39, 0.29) is 12.5 Å². The SMILES string of the molecule is CCOC(=O)Cn1nc(-c2ccccc2OC)cc1N. The first-order valence-corrected chi connectivity index (χ1v) is 6.28. The molecular formula is C14H17N3O3. The molecular weight excluding hydrogens is 258 g/mol. The molecule has 106 valence electrons. The second kappa shape index (κ2) is 6.10. The zero-order chi connectivity index (χ0) is 14.5. The maximum atomic E-state index is 11.5. The van der Waals surface area contributed by atoms with Gasteiger partial charge in [0.2, 0.25) is 0 Å². The molecule has 0 aliphatic carbocycles. The highest BCUT2D eigenvalue weighted by Gasteiger charge is 2.13. The molecule has 1 heterocycles. The number of anilines is 1. The van der Waals surface area contributed by atoms with Gasteiger partial charge in [-0.1, -0.05) is 12.1 Å². The largest absolute Gasteiger partial charge is 0.496 e. The number of para-hydroxylation sites is 1. The van der Waals surface area contributed by atoms with Gasteiger partial charge in [0.05, 0.1) is 19.4 Å². The molecule has 0 atom stereocenters. The Morgan fingerprint density at radius 3 is 2.85 bits per heavy atom. The van der Waals surface area contributed by atoms with Crippen molar-refractivity contribution in [3.8, 4) is 17.0 Å². The standard InChI is InChI=1S/C14H17N3O3/c1-3-20-14(18)9-17-13(15)8-11(16-17)10-6-4-5-7-12(10)19-2/h4-8H,3,9,15H2,1-2H3. The molecule has 20 heavy (non-hydrogen) atoms. The first kappa shape index (κ1) is 13.9. The zero-order valence-electron chi connectivity index (χ0n) is 11.5. The molecule has 1 aromatic carbocycles. The van der Waals surface area contributed by atoms with Crippen LogP contribution in [0.4, 0.5) is 5.82 Å². The van der Waals surface area contributed by atoms with Gasteiger partial charge in [-0.25, -0.2) is 4.68 Å². The van der Waals surface area contributed by atoms with Crippen LogP contribution in [0.3, 0.4) is 0 Å². The van der Waals surface area contributed by atoms with Gasteiger partial charge >= 0.3 is 5.97 Å². The van der Waals surface area contributed by atoms with Gasteiger partial charge in [-0.3, -0.25) is 4.79 Å². The maximum Gasteiger partial charge on any atom is 0.327 e. The lowest BCUT2D eigenvalue weighted by Gasteiger charge is -2.05. The van der Waals surface area contributed by atoms with Crippen LogP contribution in [0.2, 0.25) is 0 Å². The van der Waals surface area contributed by atoms with Crippen LogP contribution in [0.5, 0.6) is 5.75 Å². The van der Waals surface area contributed by atoms with E-state index in [2.05, 4.69) is 5.10 Å². The molecule has 6 nitrogen and oxygen atoms in total. The molecule has 0 radical (unpaired) electrons. The van der Waals surface area contributed by atoms with Crippen LogP contribution >= 0.6 is 0 Å². The fourth-order valence-electron chi connectivity index (χ4n) is 1.87. The maximum absolute atomic E-state index is 11.5. The molecule has 0 saturated carbocycles. The Labute approximate surface area is 117 Å². The number of benzene rings is 1. The van der Waals surface area contributed by atoms with Crippen molar-refractivity contribution in [3.63, 3.8) is 0 Å². The van der Waals surface area contributed by atoms with Crippen molar-refractivity contribution in [2.45, 2.75) is 13.5 Å². The van der Waals surface area contributed by atoms with Crippen LogP contribution in [0.1, 0.15) is 6.92 Å². The summed E-state index contributed by atoms with van der Waals surface area (Å²) in [5, 5.41) is 4.32. The summed E-state index contributed by atoms with van der Waals surface area (Å²) in [6, 6.07) is 9.20. The van der Waals surface area contributed by atoms with Crippen molar-refractivity contribution < 1.29 is 14.3 Å². The van der Waals surface area contributed by atoms with Crippen molar-refractivity contribution in [1.82, 2.24) is 9.78 Å². The van der Waals surface area contributed by atoms with E-state index < -0.39 is 0 Å². The van der Waals surface area contributed by atoms with Crippen LogP contribution in [-0.4, -0.2) is 29.5 Å². The van der Waals surface area contributed by atoms with E-state index in [9.17, 15) is 4.79 Å². The summed E-state index contributed by atoms with van der Waals surface area (Å²) in [5.41, 5.74) is 7.35. The minimum absolute atomic E-state index is 0.00514. The van der Waals surface area contributed by atoms with E-state index in [1.807, 2.05) is 24.3 Å². The number of nitrogens with zero attached hydrogens (tertiary/aromatic N) is 2. The van der Waals surface area contributed by atoms with Gasteiger partial charge in [0.1, 0.15) is 18.1 Å². The fourth-order valence-corrected chi connectivity index (χ4v) is 1.87. The highest BCUT2D eigenvalue weighted by molar-refractivity contribution is 5.72. The number of ether oxygens (including phenoxy) is 2. The Morgan fingerprint density at radius 2 is 2.15 bits per heavy atom. The molecule has 6 heteroatoms. The number of hydrogen-bond acceptors (Lipinski definition) is 5. The third-order valence-corrected chi connectivity index (χ3v) is 2.78. The van der Waals surface area contributed by atoms with E-state index in [0.717, 1.165) is 5.56 Å². The summed E-state index contributed by atoms with van der Waals surface area (Å²) < 4.78 is 11.6. The topological polar surface area (TPSA) is 79.4 Å². The highest BCUT2D eigenvalue weighted by atomic mass is 16.5. The zero-order valence-corrected chi connectivity index (χ0v) is 11.5. The molecule has 0 unspecified atom stereocenters. The lowest BCUT2D eigenvalue weighted by molar-refractivity contribution is -0.143. The molecule has 0 amide bonds. The summed E-state index contributed by atoms with van der Waals surface area (Å²) in [6.45, 7) is 2.08. The summed E-state index contributed by atoms with van der Waals surface area (Å²) >= 11 is 0. The number of rotatable bonds is 5. The number of nitrogens with two attached hydrogens (primary N) is 1. The quantitative estimate of drug-likeness (QED) is 0.840. The van der Waals surface area contributed by atoms with Gasteiger partial charge < -0.3 is 15.2 Å². The van der Waals surface area contributed by atoms with Crippen LogP contribution in [0, 0.1) is 0 Å². The number of esters is 1. The Balaban J connectivity index is 2.29. The second-order valence-corrected chi connectivity index (χ2v) is 4.12. The minimum Gasteiger partial charge on any atom is -0.496 e. The van der Waals surface area contributed by atoms with Crippen molar-refractivity contribution >= 4 is 11.8 Å². The fraction of sp³-hybridized carbons (Fsp3) is 0.286. The van der Waals surface area contributed by atoms with Crippen molar-refractivity contribution in [1.29, 1.82) is 0 Å². The van der Waals surface area contributed by atoms with Crippen molar-refractivity contribution in [3.05, 3.63) is 30.3 Å². The Kier molecular flexibility index (Phi) is 4.24. The van der Waals surface area contributed by atoms with Gasteiger partial charge in [-0.05, 0) is 19.1 Å². The van der Waals surface area contributed by atoms with E-state index in [1.54, 1.807) is 20.1 Å². The van der Waals surface area contributed by atoms with E-state index in [4.69, 9.17) is 15.2 Å². The number of carbonyl (C=O) groups excluding carboxylic acids is 1. The molecule has 2 aromatic rings. The predicted molar refractivity (Wildman–Crippen MR) is 75.3 cm³/mol. The van der Waals surface area contributed by atoms with Gasteiger partial charge in [0.15, 0.2) is 0 Å². The molecule has 0 spiro atoms. The van der Waals surface area contributed by atoms with Gasteiger partial charge in [0, 0.05) is 11.6 Å². The molecule has 0 bridgehead atoms. The Hall–Kier alpha value is -2.50. The molecule has 0 aliphatic rings. The van der Waals surface area contributed by atoms with E-state index in [0.29, 0.717) is 23.9 Å². The normalized spacial score (nSPS) is 10.3. The lowest BCUT2D eigenvalue weighted by atomic mass is 10.1. The van der Waals surface area contributed by atoms with Gasteiger partial charge in [-0.15, -0.1) is 0 Å². The third-order valence-electron chi connectivity index (χ3n) is 2.78. The van der Waals surface area contributed by atoms with Crippen LogP contribution in [-0.2, 0) is 16.1 Å². The predicted octanol–water partition coefficient (Wildman–Crippen LogP) is 1.70. The Bertz CT molecular complexity index is 607. The highest BCUT2D eigenvalue weighted by Crippen LogP contribution is 2.29.